The highest BCUT2D eigenvalue weighted by atomic mass is 16.2. The van der Waals surface area contributed by atoms with Gasteiger partial charge in [0.1, 0.15) is 6.54 Å². The van der Waals surface area contributed by atoms with E-state index in [4.69, 9.17) is 0 Å². The molecule has 0 aliphatic rings. The first-order chi connectivity index (χ1) is 11.5. The molecule has 0 fully saturated rings. The quantitative estimate of drug-likeness (QED) is 0.745. The average Bonchev–Trinajstić information content (AvgIpc) is 3.05. The standard InChI is InChI=1S/C16H22N6O2/c1-4-21(5-2)15(24)11-20(3)14(23)12-22-18-16(17-19-22)13-9-7-6-8-10-13/h6-10H,4-5,11-12H2,1-3H3. The maximum atomic E-state index is 12.2. The van der Waals surface area contributed by atoms with Gasteiger partial charge >= 0.3 is 0 Å². The van der Waals surface area contributed by atoms with Crippen molar-refractivity contribution in [2.45, 2.75) is 20.4 Å². The third-order valence-corrected chi connectivity index (χ3v) is 3.68. The van der Waals surface area contributed by atoms with Crippen molar-refractivity contribution < 1.29 is 9.59 Å². The lowest BCUT2D eigenvalue weighted by atomic mass is 10.2. The van der Waals surface area contributed by atoms with E-state index in [1.165, 1.54) is 9.70 Å². The Bertz CT molecular complexity index is 681. The van der Waals surface area contributed by atoms with E-state index in [0.29, 0.717) is 18.9 Å². The van der Waals surface area contributed by atoms with E-state index < -0.39 is 0 Å². The Morgan fingerprint density at radius 1 is 1.08 bits per heavy atom. The molecule has 8 nitrogen and oxygen atoms in total. The summed E-state index contributed by atoms with van der Waals surface area (Å²) in [6.07, 6.45) is 0. The third-order valence-electron chi connectivity index (χ3n) is 3.68. The maximum Gasteiger partial charge on any atom is 0.246 e. The number of rotatable bonds is 7. The van der Waals surface area contributed by atoms with Crippen molar-refractivity contribution in [2.24, 2.45) is 0 Å². The highest BCUT2D eigenvalue weighted by Gasteiger charge is 2.18. The monoisotopic (exact) mass is 330 g/mol. The summed E-state index contributed by atoms with van der Waals surface area (Å²) in [5.74, 6) is 0.144. The van der Waals surface area contributed by atoms with E-state index in [1.54, 1.807) is 11.9 Å². The van der Waals surface area contributed by atoms with Gasteiger partial charge in [-0.05, 0) is 19.1 Å². The molecule has 128 valence electrons. The zero-order valence-corrected chi connectivity index (χ0v) is 14.2. The molecule has 0 atom stereocenters. The molecule has 2 rings (SSSR count). The Kier molecular flexibility index (Phi) is 6.00. The number of tetrazole rings is 1. The molecule has 1 aromatic heterocycles. The largest absolute Gasteiger partial charge is 0.342 e. The SMILES string of the molecule is CCN(CC)C(=O)CN(C)C(=O)Cn1nnc(-c2ccccc2)n1. The zero-order chi connectivity index (χ0) is 17.5. The van der Waals surface area contributed by atoms with Gasteiger partial charge in [0.2, 0.25) is 17.6 Å². The van der Waals surface area contributed by atoms with Crippen LogP contribution in [0.4, 0.5) is 0 Å². The molecule has 0 saturated carbocycles. The van der Waals surface area contributed by atoms with Gasteiger partial charge < -0.3 is 9.80 Å². The molecule has 0 saturated heterocycles. The summed E-state index contributed by atoms with van der Waals surface area (Å²) in [5, 5.41) is 12.0. The van der Waals surface area contributed by atoms with Crippen molar-refractivity contribution in [2.75, 3.05) is 26.7 Å². The highest BCUT2D eigenvalue weighted by Crippen LogP contribution is 2.11. The van der Waals surface area contributed by atoms with Crippen LogP contribution in [0.1, 0.15) is 13.8 Å². The Hall–Kier alpha value is -2.77. The molecule has 0 spiro atoms. The number of aromatic nitrogens is 4. The van der Waals surface area contributed by atoms with Crippen LogP contribution in [0, 0.1) is 0 Å². The molecule has 2 amide bonds. The molecular weight excluding hydrogens is 308 g/mol. The number of hydrogen-bond donors (Lipinski definition) is 0. The molecule has 1 heterocycles. The van der Waals surface area contributed by atoms with Crippen molar-refractivity contribution in [1.29, 1.82) is 0 Å². The first-order valence-electron chi connectivity index (χ1n) is 7.90. The second-order valence-electron chi connectivity index (χ2n) is 5.33. The van der Waals surface area contributed by atoms with Crippen molar-refractivity contribution in [3.05, 3.63) is 30.3 Å². The number of benzene rings is 1. The van der Waals surface area contributed by atoms with Gasteiger partial charge in [0.15, 0.2) is 0 Å². The number of nitrogens with zero attached hydrogens (tertiary/aromatic N) is 6. The highest BCUT2D eigenvalue weighted by molar-refractivity contribution is 5.84. The van der Waals surface area contributed by atoms with Crippen LogP contribution >= 0.6 is 0 Å². The van der Waals surface area contributed by atoms with Crippen LogP contribution in [0.2, 0.25) is 0 Å². The van der Waals surface area contributed by atoms with Gasteiger partial charge in [-0.3, -0.25) is 9.59 Å². The second kappa shape index (κ2) is 8.19. The Labute approximate surface area is 141 Å². The number of hydrogen-bond acceptors (Lipinski definition) is 5. The minimum atomic E-state index is -0.243. The summed E-state index contributed by atoms with van der Waals surface area (Å²) in [5.41, 5.74) is 0.835. The third kappa shape index (κ3) is 4.37. The molecule has 0 unspecified atom stereocenters. The number of likely N-dealkylation sites (N-methyl/N-ethyl adjacent to an activating group) is 2. The summed E-state index contributed by atoms with van der Waals surface area (Å²) in [4.78, 5) is 28.6. The fraction of sp³-hybridized carbons (Fsp3) is 0.438. The summed E-state index contributed by atoms with van der Waals surface area (Å²) in [6, 6.07) is 9.41. The summed E-state index contributed by atoms with van der Waals surface area (Å²) < 4.78 is 0. The molecule has 8 heteroatoms. The number of amides is 2. The summed E-state index contributed by atoms with van der Waals surface area (Å²) in [7, 11) is 1.60. The predicted molar refractivity (Wildman–Crippen MR) is 88.8 cm³/mol. The van der Waals surface area contributed by atoms with E-state index in [-0.39, 0.29) is 24.9 Å². The van der Waals surface area contributed by atoms with Crippen LogP contribution in [0.25, 0.3) is 11.4 Å². The minimum absolute atomic E-state index is 0.0424. The maximum absolute atomic E-state index is 12.2. The topological polar surface area (TPSA) is 84.2 Å². The van der Waals surface area contributed by atoms with E-state index in [9.17, 15) is 9.59 Å². The van der Waals surface area contributed by atoms with Gasteiger partial charge in [0, 0.05) is 25.7 Å². The van der Waals surface area contributed by atoms with Gasteiger partial charge in [-0.25, -0.2) is 0 Å². The molecule has 0 N–H and O–H groups in total. The van der Waals surface area contributed by atoms with Crippen LogP contribution in [0.3, 0.4) is 0 Å². The van der Waals surface area contributed by atoms with Crippen molar-refractivity contribution in [1.82, 2.24) is 30.0 Å². The minimum Gasteiger partial charge on any atom is -0.342 e. The van der Waals surface area contributed by atoms with Gasteiger partial charge in [-0.2, -0.15) is 4.80 Å². The van der Waals surface area contributed by atoms with Gasteiger partial charge in [0.05, 0.1) is 6.54 Å². The summed E-state index contributed by atoms with van der Waals surface area (Å²) >= 11 is 0. The molecule has 2 aromatic rings. The Morgan fingerprint density at radius 2 is 1.75 bits per heavy atom. The molecule has 0 radical (unpaired) electrons. The van der Waals surface area contributed by atoms with Crippen LogP contribution in [0.15, 0.2) is 30.3 Å². The van der Waals surface area contributed by atoms with Crippen LogP contribution in [-0.2, 0) is 16.1 Å². The normalized spacial score (nSPS) is 10.5. The molecule has 0 aliphatic carbocycles. The first kappa shape index (κ1) is 17.6. The molecule has 24 heavy (non-hydrogen) atoms. The summed E-state index contributed by atoms with van der Waals surface area (Å²) in [6.45, 7) is 5.06. The Morgan fingerprint density at radius 3 is 2.38 bits per heavy atom. The predicted octanol–water partition coefficient (Wildman–Crippen LogP) is 0.667. The van der Waals surface area contributed by atoms with Crippen LogP contribution in [0.5, 0.6) is 0 Å². The lowest BCUT2D eigenvalue weighted by Gasteiger charge is -2.22. The van der Waals surface area contributed by atoms with Crippen molar-refractivity contribution >= 4 is 11.8 Å². The van der Waals surface area contributed by atoms with Crippen LogP contribution < -0.4 is 0 Å². The fourth-order valence-corrected chi connectivity index (χ4v) is 2.22. The van der Waals surface area contributed by atoms with E-state index in [2.05, 4.69) is 15.4 Å². The zero-order valence-electron chi connectivity index (χ0n) is 14.2. The second-order valence-corrected chi connectivity index (χ2v) is 5.33. The van der Waals surface area contributed by atoms with Gasteiger partial charge in [-0.1, -0.05) is 30.3 Å². The van der Waals surface area contributed by atoms with Crippen LogP contribution in [-0.4, -0.2) is 68.5 Å². The van der Waals surface area contributed by atoms with E-state index >= 15 is 0 Å². The van der Waals surface area contributed by atoms with Crippen molar-refractivity contribution in [3.63, 3.8) is 0 Å². The van der Waals surface area contributed by atoms with Crippen molar-refractivity contribution in [3.8, 4) is 11.4 Å². The lowest BCUT2D eigenvalue weighted by molar-refractivity contribution is -0.139. The molecule has 0 aliphatic heterocycles. The number of carbonyl (C=O) groups excluding carboxylic acids is 2. The Balaban J connectivity index is 1.95. The van der Waals surface area contributed by atoms with Gasteiger partial charge in [0.25, 0.3) is 0 Å². The average molecular weight is 330 g/mol. The van der Waals surface area contributed by atoms with Gasteiger partial charge in [-0.15, -0.1) is 10.2 Å². The molecule has 1 aromatic carbocycles. The molecule has 0 bridgehead atoms. The van der Waals surface area contributed by atoms with E-state index in [0.717, 1.165) is 5.56 Å². The fourth-order valence-electron chi connectivity index (χ4n) is 2.22. The van der Waals surface area contributed by atoms with E-state index in [1.807, 2.05) is 44.2 Å². The smallest absolute Gasteiger partial charge is 0.246 e. The number of carbonyl (C=O) groups is 2. The molecular formula is C16H22N6O2. The first-order valence-corrected chi connectivity index (χ1v) is 7.90. The lowest BCUT2D eigenvalue weighted by Crippen LogP contribution is -2.42.